The highest BCUT2D eigenvalue weighted by molar-refractivity contribution is 6.29. The summed E-state index contributed by atoms with van der Waals surface area (Å²) in [7, 11) is 0. The number of guanidine groups is 1. The number of hydrogen-bond acceptors (Lipinski definition) is 2. The van der Waals surface area contributed by atoms with Gasteiger partial charge in [-0.15, -0.1) is 11.6 Å². The Morgan fingerprint density at radius 3 is 2.58 bits per heavy atom. The molecule has 0 aliphatic carbocycles. The molecule has 0 aliphatic heterocycles. The van der Waals surface area contributed by atoms with Gasteiger partial charge in [-0.25, -0.2) is 0 Å². The quantitative estimate of drug-likeness (QED) is 0.242. The molecule has 0 saturated carbocycles. The smallest absolute Gasteiger partial charge is 0.321 e. The standard InChI is InChI=1S/C6H12ClN3O2/c7-4(5(11)12)2-1-3-10-6(8)9/h4H,1-3H2,(H,11,12)(H4,8,9,10). The summed E-state index contributed by atoms with van der Waals surface area (Å²) in [4.78, 5) is 13.9. The van der Waals surface area contributed by atoms with Crippen LogP contribution in [0.5, 0.6) is 0 Å². The van der Waals surface area contributed by atoms with Crippen LogP contribution < -0.4 is 11.5 Å². The van der Waals surface area contributed by atoms with E-state index in [-0.39, 0.29) is 5.96 Å². The Morgan fingerprint density at radius 2 is 2.17 bits per heavy atom. The van der Waals surface area contributed by atoms with E-state index in [0.717, 1.165) is 0 Å². The molecule has 0 aromatic carbocycles. The van der Waals surface area contributed by atoms with Crippen LogP contribution in [0.3, 0.4) is 0 Å². The van der Waals surface area contributed by atoms with Gasteiger partial charge >= 0.3 is 5.97 Å². The molecule has 1 atom stereocenters. The maximum atomic E-state index is 10.2. The van der Waals surface area contributed by atoms with E-state index in [1.54, 1.807) is 0 Å². The number of nitrogens with zero attached hydrogens (tertiary/aromatic N) is 1. The zero-order valence-electron chi connectivity index (χ0n) is 6.53. The summed E-state index contributed by atoms with van der Waals surface area (Å²) in [6, 6.07) is 0. The molecule has 6 heteroatoms. The molecular weight excluding hydrogens is 182 g/mol. The van der Waals surface area contributed by atoms with Crippen molar-refractivity contribution in [2.45, 2.75) is 18.2 Å². The maximum Gasteiger partial charge on any atom is 0.321 e. The summed E-state index contributed by atoms with van der Waals surface area (Å²) in [5.74, 6) is -1.00. The largest absolute Gasteiger partial charge is 0.480 e. The molecule has 12 heavy (non-hydrogen) atoms. The molecule has 0 aromatic heterocycles. The maximum absolute atomic E-state index is 10.2. The van der Waals surface area contributed by atoms with Crippen molar-refractivity contribution < 1.29 is 9.90 Å². The monoisotopic (exact) mass is 193 g/mol. The van der Waals surface area contributed by atoms with Crippen LogP contribution in [0, 0.1) is 0 Å². The van der Waals surface area contributed by atoms with E-state index in [1.165, 1.54) is 0 Å². The number of rotatable bonds is 5. The third-order valence-corrected chi connectivity index (χ3v) is 1.58. The molecule has 0 fully saturated rings. The van der Waals surface area contributed by atoms with Gasteiger partial charge in [0.1, 0.15) is 5.38 Å². The van der Waals surface area contributed by atoms with Crippen LogP contribution in [0.15, 0.2) is 4.99 Å². The number of carbonyl (C=O) groups is 1. The molecule has 0 spiro atoms. The highest BCUT2D eigenvalue weighted by Gasteiger charge is 2.11. The number of hydrogen-bond donors (Lipinski definition) is 3. The molecule has 0 aromatic rings. The van der Waals surface area contributed by atoms with E-state index >= 15 is 0 Å². The van der Waals surface area contributed by atoms with E-state index in [2.05, 4.69) is 4.99 Å². The fourth-order valence-electron chi connectivity index (χ4n) is 0.602. The average Bonchev–Trinajstić information content (AvgIpc) is 1.97. The highest BCUT2D eigenvalue weighted by Crippen LogP contribution is 2.04. The zero-order valence-corrected chi connectivity index (χ0v) is 7.29. The fourth-order valence-corrected chi connectivity index (χ4v) is 0.756. The van der Waals surface area contributed by atoms with Gasteiger partial charge in [0.05, 0.1) is 0 Å². The minimum atomic E-state index is -1.01. The third kappa shape index (κ3) is 5.79. The predicted octanol–water partition coefficient (Wildman–Crippen LogP) is -0.268. The fraction of sp³-hybridized carbons (Fsp3) is 0.667. The first-order valence-corrected chi connectivity index (χ1v) is 3.90. The van der Waals surface area contributed by atoms with Crippen molar-refractivity contribution in [1.29, 1.82) is 0 Å². The van der Waals surface area contributed by atoms with Crippen LogP contribution in [0.25, 0.3) is 0 Å². The molecular formula is C6H12ClN3O2. The van der Waals surface area contributed by atoms with Gasteiger partial charge in [-0.05, 0) is 12.8 Å². The number of aliphatic imine (C=N–C) groups is 1. The van der Waals surface area contributed by atoms with Gasteiger partial charge in [0.2, 0.25) is 0 Å². The first kappa shape index (κ1) is 11.0. The Morgan fingerprint density at radius 1 is 1.58 bits per heavy atom. The summed E-state index contributed by atoms with van der Waals surface area (Å²) < 4.78 is 0. The molecule has 0 rings (SSSR count). The van der Waals surface area contributed by atoms with Crippen molar-refractivity contribution in [1.82, 2.24) is 0 Å². The van der Waals surface area contributed by atoms with E-state index < -0.39 is 11.3 Å². The molecule has 0 bridgehead atoms. The second kappa shape index (κ2) is 5.65. The second-order valence-electron chi connectivity index (χ2n) is 2.25. The molecule has 70 valence electrons. The van der Waals surface area contributed by atoms with Crippen LogP contribution in [0.2, 0.25) is 0 Å². The van der Waals surface area contributed by atoms with Crippen LogP contribution in [-0.2, 0) is 4.79 Å². The summed E-state index contributed by atoms with van der Waals surface area (Å²) in [6.07, 6.45) is 0.937. The van der Waals surface area contributed by atoms with Crippen molar-refractivity contribution in [2.75, 3.05) is 6.54 Å². The minimum absolute atomic E-state index is 0.0106. The number of halogens is 1. The lowest BCUT2D eigenvalue weighted by Crippen LogP contribution is -2.23. The average molecular weight is 194 g/mol. The Kier molecular flexibility index (Phi) is 5.19. The van der Waals surface area contributed by atoms with Crippen LogP contribution in [-0.4, -0.2) is 29.0 Å². The lowest BCUT2D eigenvalue weighted by atomic mass is 10.2. The minimum Gasteiger partial charge on any atom is -0.480 e. The number of alkyl halides is 1. The Balaban J connectivity index is 3.44. The van der Waals surface area contributed by atoms with Crippen LogP contribution in [0.4, 0.5) is 0 Å². The molecule has 0 heterocycles. The van der Waals surface area contributed by atoms with Crippen LogP contribution in [0.1, 0.15) is 12.8 Å². The van der Waals surface area contributed by atoms with Crippen molar-refractivity contribution in [2.24, 2.45) is 16.5 Å². The second-order valence-corrected chi connectivity index (χ2v) is 2.78. The zero-order chi connectivity index (χ0) is 9.56. The normalized spacial score (nSPS) is 12.1. The highest BCUT2D eigenvalue weighted by atomic mass is 35.5. The predicted molar refractivity (Wildman–Crippen MR) is 47.2 cm³/mol. The van der Waals surface area contributed by atoms with E-state index in [9.17, 15) is 4.79 Å². The lowest BCUT2D eigenvalue weighted by Gasteiger charge is -2.00. The van der Waals surface area contributed by atoms with Crippen LogP contribution >= 0.6 is 11.6 Å². The molecule has 5 nitrogen and oxygen atoms in total. The van der Waals surface area contributed by atoms with Gasteiger partial charge in [0.25, 0.3) is 0 Å². The van der Waals surface area contributed by atoms with Gasteiger partial charge in [-0.2, -0.15) is 0 Å². The summed E-state index contributed by atoms with van der Waals surface area (Å²) >= 11 is 5.42. The summed E-state index contributed by atoms with van der Waals surface area (Å²) in [5.41, 5.74) is 10.1. The van der Waals surface area contributed by atoms with Crippen molar-refractivity contribution in [3.8, 4) is 0 Å². The first-order valence-electron chi connectivity index (χ1n) is 3.46. The summed E-state index contributed by atoms with van der Waals surface area (Å²) in [5, 5.41) is 7.53. The van der Waals surface area contributed by atoms with Gasteiger partial charge in [-0.3, -0.25) is 9.79 Å². The molecule has 1 unspecified atom stereocenters. The van der Waals surface area contributed by atoms with Gasteiger partial charge in [0.15, 0.2) is 5.96 Å². The van der Waals surface area contributed by atoms with Gasteiger partial charge in [-0.1, -0.05) is 0 Å². The number of carboxylic acid groups (broad SMARTS) is 1. The number of nitrogens with two attached hydrogens (primary N) is 2. The number of carboxylic acids is 1. The van der Waals surface area contributed by atoms with Gasteiger partial charge < -0.3 is 16.6 Å². The number of aliphatic carboxylic acids is 1. The SMILES string of the molecule is NC(N)=NCCCC(Cl)C(=O)O. The van der Waals surface area contributed by atoms with Crippen molar-refractivity contribution >= 4 is 23.5 Å². The summed E-state index contributed by atoms with van der Waals surface area (Å²) in [6.45, 7) is 0.416. The molecule has 0 radical (unpaired) electrons. The molecule has 0 aliphatic rings. The van der Waals surface area contributed by atoms with E-state index in [0.29, 0.717) is 19.4 Å². The molecule has 0 saturated heterocycles. The lowest BCUT2D eigenvalue weighted by molar-refractivity contribution is -0.136. The molecule has 0 amide bonds. The van der Waals surface area contributed by atoms with Crippen molar-refractivity contribution in [3.05, 3.63) is 0 Å². The first-order chi connectivity index (χ1) is 5.54. The Bertz CT molecular complexity index is 180. The Labute approximate surface area is 75.4 Å². The van der Waals surface area contributed by atoms with Gasteiger partial charge in [0, 0.05) is 6.54 Å². The van der Waals surface area contributed by atoms with Crippen molar-refractivity contribution in [3.63, 3.8) is 0 Å². The Hall–Kier alpha value is -0.970. The van der Waals surface area contributed by atoms with E-state index in [4.69, 9.17) is 28.2 Å². The molecule has 5 N–H and O–H groups in total. The topological polar surface area (TPSA) is 102 Å². The third-order valence-electron chi connectivity index (χ3n) is 1.18. The van der Waals surface area contributed by atoms with E-state index in [1.807, 2.05) is 0 Å².